The van der Waals surface area contributed by atoms with Gasteiger partial charge in [-0.2, -0.15) is 0 Å². The van der Waals surface area contributed by atoms with E-state index in [1.54, 1.807) is 12.1 Å². The molecule has 0 saturated carbocycles. The summed E-state index contributed by atoms with van der Waals surface area (Å²) in [6.45, 7) is 2.66. The zero-order valence-electron chi connectivity index (χ0n) is 21.5. The molecule has 0 radical (unpaired) electrons. The summed E-state index contributed by atoms with van der Waals surface area (Å²) in [5.41, 5.74) is 2.17. The van der Waals surface area contributed by atoms with Crippen molar-refractivity contribution in [2.75, 3.05) is 37.8 Å². The Balaban J connectivity index is 1.29. The van der Waals surface area contributed by atoms with Crippen LogP contribution in [-0.2, 0) is 19.4 Å². The van der Waals surface area contributed by atoms with Gasteiger partial charge in [-0.15, -0.1) is 0 Å². The van der Waals surface area contributed by atoms with Gasteiger partial charge in [0.15, 0.2) is 22.0 Å². The molecule has 8 heteroatoms. The van der Waals surface area contributed by atoms with E-state index in [9.17, 15) is 18.0 Å². The fraction of sp³-hybridized carbons (Fsp3) is 0.333. The number of anilines is 1. The Bertz CT molecular complexity index is 1380. The standard InChI is InChI=1S/C30H33N2O5S/c1-38(35,36)26-14-12-22(13-15-26)27(33)20-32-18-16-23(17-19-32)28(21-32)37-30(34)29(24-8-4-2-5-9-24)31-25-10-6-3-7-11-25/h2-15,23,28-29,31H,16-21H2,1H3/q+1. The second-order valence-corrected chi connectivity index (χ2v) is 12.5. The number of hydrogen-bond donors (Lipinski definition) is 1. The SMILES string of the molecule is CS(=O)(=O)c1ccc(C(=O)C[N+]23CCC(CC2)C(OC(=O)C(Nc2ccccc2)c2ccccc2)C3)cc1. The molecule has 2 atom stereocenters. The first-order valence-electron chi connectivity index (χ1n) is 13.0. The van der Waals surface area contributed by atoms with Crippen LogP contribution in [0.1, 0.15) is 34.8 Å². The average molecular weight is 534 g/mol. The zero-order valence-corrected chi connectivity index (χ0v) is 22.3. The summed E-state index contributed by atoms with van der Waals surface area (Å²) in [7, 11) is -3.32. The van der Waals surface area contributed by atoms with Crippen LogP contribution >= 0.6 is 0 Å². The number of nitrogens with one attached hydrogen (secondary N) is 1. The first kappa shape index (κ1) is 26.1. The number of quaternary nitrogens is 1. The van der Waals surface area contributed by atoms with Crippen LogP contribution in [0.5, 0.6) is 0 Å². The molecule has 198 valence electrons. The van der Waals surface area contributed by atoms with Crippen molar-refractivity contribution in [1.82, 2.24) is 0 Å². The van der Waals surface area contributed by atoms with Crippen LogP contribution in [0.25, 0.3) is 0 Å². The van der Waals surface area contributed by atoms with Gasteiger partial charge in [0.25, 0.3) is 0 Å². The number of piperidine rings is 3. The molecule has 1 N–H and O–H groups in total. The zero-order chi connectivity index (χ0) is 26.8. The van der Waals surface area contributed by atoms with E-state index in [1.165, 1.54) is 12.1 Å². The lowest BCUT2D eigenvalue weighted by Crippen LogP contribution is -2.65. The Kier molecular flexibility index (Phi) is 7.36. The number of rotatable bonds is 9. The number of ether oxygens (including phenoxy) is 1. The molecule has 3 heterocycles. The van der Waals surface area contributed by atoms with E-state index in [0.717, 1.165) is 43.4 Å². The van der Waals surface area contributed by atoms with Crippen LogP contribution in [0.2, 0.25) is 0 Å². The molecule has 3 fully saturated rings. The number of fused-ring (bicyclic) bond motifs is 3. The van der Waals surface area contributed by atoms with Crippen molar-refractivity contribution in [1.29, 1.82) is 0 Å². The topological polar surface area (TPSA) is 89.5 Å². The number of sulfone groups is 1. The number of carbonyl (C=O) groups excluding carboxylic acids is 2. The molecule has 0 aromatic heterocycles. The van der Waals surface area contributed by atoms with E-state index in [1.807, 2.05) is 60.7 Å². The molecule has 2 bridgehead atoms. The lowest BCUT2D eigenvalue weighted by Gasteiger charge is -2.51. The third-order valence-electron chi connectivity index (χ3n) is 7.85. The molecule has 7 nitrogen and oxygen atoms in total. The highest BCUT2D eigenvalue weighted by molar-refractivity contribution is 7.90. The van der Waals surface area contributed by atoms with Crippen molar-refractivity contribution in [3.8, 4) is 0 Å². The minimum atomic E-state index is -3.32. The van der Waals surface area contributed by atoms with Gasteiger partial charge in [0.1, 0.15) is 13.1 Å². The fourth-order valence-electron chi connectivity index (χ4n) is 5.70. The average Bonchev–Trinajstić information content (AvgIpc) is 2.93. The van der Waals surface area contributed by atoms with Crippen molar-refractivity contribution in [2.24, 2.45) is 5.92 Å². The molecule has 3 aliphatic heterocycles. The Hall–Kier alpha value is -3.49. The van der Waals surface area contributed by atoms with Crippen LogP contribution in [0.3, 0.4) is 0 Å². The van der Waals surface area contributed by atoms with E-state index in [2.05, 4.69) is 5.32 Å². The summed E-state index contributed by atoms with van der Waals surface area (Å²) in [4.78, 5) is 26.9. The van der Waals surface area contributed by atoms with Gasteiger partial charge in [-0.05, 0) is 42.0 Å². The van der Waals surface area contributed by atoms with E-state index >= 15 is 0 Å². The molecule has 3 aromatic carbocycles. The smallest absolute Gasteiger partial charge is 0.333 e. The van der Waals surface area contributed by atoms with Crippen LogP contribution < -0.4 is 5.32 Å². The third-order valence-corrected chi connectivity index (χ3v) is 8.97. The molecule has 6 rings (SSSR count). The Labute approximate surface area is 223 Å². The normalized spacial score (nSPS) is 23.4. The Morgan fingerprint density at radius 2 is 1.53 bits per heavy atom. The maximum absolute atomic E-state index is 13.5. The van der Waals surface area contributed by atoms with Gasteiger partial charge in [-0.3, -0.25) is 4.79 Å². The summed E-state index contributed by atoms with van der Waals surface area (Å²) in [5, 5.41) is 3.33. The second kappa shape index (κ2) is 10.7. The molecule has 0 amide bonds. The molecule has 0 aliphatic carbocycles. The molecular formula is C30H33N2O5S+. The number of para-hydroxylation sites is 1. The minimum absolute atomic E-state index is 0.0246. The van der Waals surface area contributed by atoms with Crippen LogP contribution in [0, 0.1) is 5.92 Å². The highest BCUT2D eigenvalue weighted by Crippen LogP contribution is 2.37. The van der Waals surface area contributed by atoms with Crippen molar-refractivity contribution < 1.29 is 27.2 Å². The van der Waals surface area contributed by atoms with Crippen molar-refractivity contribution in [2.45, 2.75) is 29.9 Å². The van der Waals surface area contributed by atoms with E-state index < -0.39 is 15.9 Å². The first-order valence-corrected chi connectivity index (χ1v) is 14.9. The number of esters is 1. The number of Topliss-reactive ketones (excluding diaryl/α,β-unsaturated/α-hetero) is 1. The number of carbonyl (C=O) groups is 2. The molecule has 38 heavy (non-hydrogen) atoms. The van der Waals surface area contributed by atoms with Gasteiger partial charge < -0.3 is 14.5 Å². The van der Waals surface area contributed by atoms with Gasteiger partial charge in [-0.1, -0.05) is 48.5 Å². The van der Waals surface area contributed by atoms with Gasteiger partial charge in [0.2, 0.25) is 5.78 Å². The van der Waals surface area contributed by atoms with Crippen molar-refractivity contribution >= 4 is 27.3 Å². The lowest BCUT2D eigenvalue weighted by molar-refractivity contribution is -0.938. The van der Waals surface area contributed by atoms with Gasteiger partial charge in [0, 0.05) is 36.3 Å². The van der Waals surface area contributed by atoms with Gasteiger partial charge in [-0.25, -0.2) is 13.2 Å². The summed E-state index contributed by atoms with van der Waals surface area (Å²) >= 11 is 0. The lowest BCUT2D eigenvalue weighted by atomic mass is 9.82. The fourth-order valence-corrected chi connectivity index (χ4v) is 6.33. The van der Waals surface area contributed by atoms with E-state index in [4.69, 9.17) is 4.74 Å². The molecule has 3 aromatic rings. The minimum Gasteiger partial charge on any atom is -0.454 e. The molecule has 3 saturated heterocycles. The predicted molar refractivity (Wildman–Crippen MR) is 145 cm³/mol. The quantitative estimate of drug-likeness (QED) is 0.251. The van der Waals surface area contributed by atoms with E-state index in [-0.39, 0.29) is 28.7 Å². The van der Waals surface area contributed by atoms with Crippen LogP contribution in [0.15, 0.2) is 89.8 Å². The van der Waals surface area contributed by atoms with E-state index in [0.29, 0.717) is 23.1 Å². The summed E-state index contributed by atoms with van der Waals surface area (Å²) in [5.74, 6) is -0.0562. The summed E-state index contributed by atoms with van der Waals surface area (Å²) in [6, 6.07) is 24.7. The second-order valence-electron chi connectivity index (χ2n) is 10.5. The maximum Gasteiger partial charge on any atom is 0.333 e. The third kappa shape index (κ3) is 5.81. The van der Waals surface area contributed by atoms with Crippen LogP contribution in [0.4, 0.5) is 5.69 Å². The Morgan fingerprint density at radius 1 is 0.921 bits per heavy atom. The Morgan fingerprint density at radius 3 is 2.13 bits per heavy atom. The molecular weight excluding hydrogens is 500 g/mol. The first-order chi connectivity index (χ1) is 18.2. The molecule has 3 aliphatic rings. The largest absolute Gasteiger partial charge is 0.454 e. The number of nitrogens with zero attached hydrogens (tertiary/aromatic N) is 1. The highest BCUT2D eigenvalue weighted by Gasteiger charge is 2.49. The summed E-state index contributed by atoms with van der Waals surface area (Å²) < 4.78 is 30.3. The van der Waals surface area contributed by atoms with Crippen LogP contribution in [-0.4, -0.2) is 63.2 Å². The number of benzene rings is 3. The number of hydrogen-bond acceptors (Lipinski definition) is 6. The highest BCUT2D eigenvalue weighted by atomic mass is 32.2. The van der Waals surface area contributed by atoms with Crippen molar-refractivity contribution in [3.63, 3.8) is 0 Å². The van der Waals surface area contributed by atoms with Crippen molar-refractivity contribution in [3.05, 3.63) is 96.1 Å². The predicted octanol–water partition coefficient (Wildman–Crippen LogP) is 4.28. The maximum atomic E-state index is 13.5. The van der Waals surface area contributed by atoms with Gasteiger partial charge in [0.05, 0.1) is 18.0 Å². The molecule has 2 unspecified atom stereocenters. The summed E-state index contributed by atoms with van der Waals surface area (Å²) in [6.07, 6.45) is 2.70. The number of ketones is 1. The molecule has 0 spiro atoms. The van der Waals surface area contributed by atoms with Gasteiger partial charge >= 0.3 is 5.97 Å². The monoisotopic (exact) mass is 533 g/mol.